The lowest BCUT2D eigenvalue weighted by Crippen LogP contribution is -2.44. The molecule has 1 aliphatic rings. The van der Waals surface area contributed by atoms with Crippen LogP contribution >= 0.6 is 0 Å². The predicted octanol–water partition coefficient (Wildman–Crippen LogP) is 0.504. The first-order valence-corrected chi connectivity index (χ1v) is 9.21. The SMILES string of the molecule is CN(C)c1ccc([C@@H](CNC(=O)C(=O)NCCCO)N2CCCC2)cc1. The molecule has 7 heteroatoms. The lowest BCUT2D eigenvalue weighted by Gasteiger charge is -2.28. The Kier molecular flexibility index (Phi) is 7.87. The summed E-state index contributed by atoms with van der Waals surface area (Å²) in [6, 6.07) is 8.38. The molecule has 0 radical (unpaired) electrons. The van der Waals surface area contributed by atoms with E-state index in [1.165, 1.54) is 0 Å². The Bertz CT molecular complexity index is 583. The van der Waals surface area contributed by atoms with E-state index in [1.807, 2.05) is 19.0 Å². The zero-order chi connectivity index (χ0) is 18.9. The fourth-order valence-corrected chi connectivity index (χ4v) is 3.14. The molecular weight excluding hydrogens is 332 g/mol. The van der Waals surface area contributed by atoms with Crippen LogP contribution in [0.15, 0.2) is 24.3 Å². The zero-order valence-corrected chi connectivity index (χ0v) is 15.7. The summed E-state index contributed by atoms with van der Waals surface area (Å²) in [6.45, 7) is 2.68. The molecule has 1 aromatic rings. The molecule has 2 rings (SSSR count). The van der Waals surface area contributed by atoms with Crippen molar-refractivity contribution in [3.63, 3.8) is 0 Å². The van der Waals surface area contributed by atoms with E-state index in [1.54, 1.807) is 0 Å². The van der Waals surface area contributed by atoms with E-state index < -0.39 is 11.8 Å². The maximum atomic E-state index is 12.0. The summed E-state index contributed by atoms with van der Waals surface area (Å²) in [5, 5.41) is 14.0. The molecule has 0 saturated carbocycles. The summed E-state index contributed by atoms with van der Waals surface area (Å²) in [6.07, 6.45) is 2.75. The van der Waals surface area contributed by atoms with Crippen molar-refractivity contribution >= 4 is 17.5 Å². The molecule has 3 N–H and O–H groups in total. The van der Waals surface area contributed by atoms with Crippen LogP contribution in [0.3, 0.4) is 0 Å². The van der Waals surface area contributed by atoms with Crippen molar-refractivity contribution in [1.29, 1.82) is 0 Å². The van der Waals surface area contributed by atoms with Crippen molar-refractivity contribution in [2.75, 3.05) is 51.8 Å². The number of benzene rings is 1. The first-order valence-electron chi connectivity index (χ1n) is 9.21. The van der Waals surface area contributed by atoms with E-state index in [4.69, 9.17) is 5.11 Å². The van der Waals surface area contributed by atoms with Gasteiger partial charge in [-0.2, -0.15) is 0 Å². The largest absolute Gasteiger partial charge is 0.396 e. The lowest BCUT2D eigenvalue weighted by atomic mass is 10.0. The van der Waals surface area contributed by atoms with Crippen molar-refractivity contribution in [3.8, 4) is 0 Å². The van der Waals surface area contributed by atoms with Gasteiger partial charge in [0, 0.05) is 39.5 Å². The molecule has 144 valence electrons. The Balaban J connectivity index is 1.99. The molecule has 1 aliphatic heterocycles. The van der Waals surface area contributed by atoms with Gasteiger partial charge in [-0.3, -0.25) is 14.5 Å². The molecule has 26 heavy (non-hydrogen) atoms. The van der Waals surface area contributed by atoms with Crippen molar-refractivity contribution in [2.24, 2.45) is 0 Å². The minimum atomic E-state index is -0.651. The number of nitrogens with zero attached hydrogens (tertiary/aromatic N) is 2. The summed E-state index contributed by atoms with van der Waals surface area (Å²) in [4.78, 5) is 28.2. The summed E-state index contributed by atoms with van der Waals surface area (Å²) in [5.41, 5.74) is 2.26. The second-order valence-electron chi connectivity index (χ2n) is 6.79. The van der Waals surface area contributed by atoms with E-state index in [0.29, 0.717) is 19.5 Å². The summed E-state index contributed by atoms with van der Waals surface area (Å²) >= 11 is 0. The number of carbonyl (C=O) groups excluding carboxylic acids is 2. The van der Waals surface area contributed by atoms with Crippen LogP contribution in [0.4, 0.5) is 5.69 Å². The minimum Gasteiger partial charge on any atom is -0.396 e. The van der Waals surface area contributed by atoms with Crippen LogP contribution in [-0.4, -0.2) is 68.7 Å². The number of carbonyl (C=O) groups is 2. The summed E-state index contributed by atoms with van der Waals surface area (Å²) in [7, 11) is 4.01. The Morgan fingerprint density at radius 3 is 2.31 bits per heavy atom. The van der Waals surface area contributed by atoms with E-state index in [-0.39, 0.29) is 12.6 Å². The van der Waals surface area contributed by atoms with Gasteiger partial charge < -0.3 is 20.6 Å². The molecule has 0 aliphatic carbocycles. The fourth-order valence-electron chi connectivity index (χ4n) is 3.14. The summed E-state index contributed by atoms with van der Waals surface area (Å²) in [5.74, 6) is -1.28. The third-order valence-electron chi connectivity index (χ3n) is 4.66. The third kappa shape index (κ3) is 5.71. The fraction of sp³-hybridized carbons (Fsp3) is 0.579. The molecule has 1 aromatic carbocycles. The second-order valence-corrected chi connectivity index (χ2v) is 6.79. The summed E-state index contributed by atoms with van der Waals surface area (Å²) < 4.78 is 0. The average Bonchev–Trinajstić information content (AvgIpc) is 3.16. The van der Waals surface area contributed by atoms with Gasteiger partial charge in [-0.15, -0.1) is 0 Å². The van der Waals surface area contributed by atoms with Crippen LogP contribution in [0.2, 0.25) is 0 Å². The van der Waals surface area contributed by atoms with Crippen LogP contribution in [0.1, 0.15) is 30.9 Å². The minimum absolute atomic E-state index is 0.0120. The zero-order valence-electron chi connectivity index (χ0n) is 15.7. The van der Waals surface area contributed by atoms with Crippen molar-refractivity contribution in [2.45, 2.75) is 25.3 Å². The molecule has 0 spiro atoms. The van der Waals surface area contributed by atoms with Crippen LogP contribution < -0.4 is 15.5 Å². The van der Waals surface area contributed by atoms with Crippen LogP contribution in [0, 0.1) is 0 Å². The highest BCUT2D eigenvalue weighted by molar-refractivity contribution is 6.35. The van der Waals surface area contributed by atoms with Gasteiger partial charge in [-0.25, -0.2) is 0 Å². The molecule has 0 bridgehead atoms. The monoisotopic (exact) mass is 362 g/mol. The highest BCUT2D eigenvalue weighted by atomic mass is 16.3. The third-order valence-corrected chi connectivity index (χ3v) is 4.66. The molecule has 0 unspecified atom stereocenters. The van der Waals surface area contributed by atoms with Crippen LogP contribution in [0.5, 0.6) is 0 Å². The van der Waals surface area contributed by atoms with E-state index >= 15 is 0 Å². The number of aliphatic hydroxyl groups excluding tert-OH is 1. The van der Waals surface area contributed by atoms with Crippen LogP contribution in [-0.2, 0) is 9.59 Å². The Morgan fingerprint density at radius 2 is 1.73 bits per heavy atom. The quantitative estimate of drug-likeness (QED) is 0.463. The maximum Gasteiger partial charge on any atom is 0.309 e. The molecule has 1 saturated heterocycles. The highest BCUT2D eigenvalue weighted by Gasteiger charge is 2.25. The molecule has 2 amide bonds. The van der Waals surface area contributed by atoms with Crippen molar-refractivity contribution in [1.82, 2.24) is 15.5 Å². The van der Waals surface area contributed by atoms with Crippen LogP contribution in [0.25, 0.3) is 0 Å². The Labute approximate surface area is 155 Å². The van der Waals surface area contributed by atoms with Gasteiger partial charge in [0.05, 0.1) is 6.04 Å². The Morgan fingerprint density at radius 1 is 1.12 bits per heavy atom. The predicted molar refractivity (Wildman–Crippen MR) is 102 cm³/mol. The molecule has 1 atom stereocenters. The number of rotatable bonds is 8. The van der Waals surface area contributed by atoms with E-state index in [9.17, 15) is 9.59 Å². The van der Waals surface area contributed by atoms with Gasteiger partial charge in [0.2, 0.25) is 0 Å². The number of anilines is 1. The standard InChI is InChI=1S/C19H30N4O3/c1-22(2)16-8-6-15(7-9-16)17(23-11-3-4-12-23)14-21-19(26)18(25)20-10-5-13-24/h6-9,17,24H,3-5,10-14H2,1-2H3,(H,20,25)(H,21,26)/t17-/m1/s1. The second kappa shape index (κ2) is 10.1. The number of hydrogen-bond acceptors (Lipinski definition) is 5. The lowest BCUT2D eigenvalue weighted by molar-refractivity contribution is -0.139. The van der Waals surface area contributed by atoms with Crippen molar-refractivity contribution < 1.29 is 14.7 Å². The smallest absolute Gasteiger partial charge is 0.309 e. The molecular formula is C19H30N4O3. The number of amides is 2. The van der Waals surface area contributed by atoms with Crippen molar-refractivity contribution in [3.05, 3.63) is 29.8 Å². The molecule has 1 fully saturated rings. The average molecular weight is 362 g/mol. The number of hydrogen-bond donors (Lipinski definition) is 3. The van der Waals surface area contributed by atoms with Gasteiger partial charge in [-0.05, 0) is 50.0 Å². The van der Waals surface area contributed by atoms with Gasteiger partial charge in [0.15, 0.2) is 0 Å². The van der Waals surface area contributed by atoms with E-state index in [2.05, 4.69) is 39.8 Å². The van der Waals surface area contributed by atoms with Gasteiger partial charge >= 0.3 is 11.8 Å². The normalized spacial score (nSPS) is 15.5. The topological polar surface area (TPSA) is 84.9 Å². The first-order chi connectivity index (χ1) is 12.5. The van der Waals surface area contributed by atoms with Gasteiger partial charge in [-0.1, -0.05) is 12.1 Å². The number of aliphatic hydroxyl groups is 1. The van der Waals surface area contributed by atoms with Gasteiger partial charge in [0.25, 0.3) is 0 Å². The van der Waals surface area contributed by atoms with Gasteiger partial charge in [0.1, 0.15) is 0 Å². The first kappa shape index (κ1) is 20.2. The van der Waals surface area contributed by atoms with E-state index in [0.717, 1.165) is 37.2 Å². The molecule has 7 nitrogen and oxygen atoms in total. The number of nitrogens with one attached hydrogen (secondary N) is 2. The molecule has 0 aromatic heterocycles. The molecule has 1 heterocycles. The Hall–Kier alpha value is -2.12. The number of likely N-dealkylation sites (tertiary alicyclic amines) is 1. The maximum absolute atomic E-state index is 12.0. The highest BCUT2D eigenvalue weighted by Crippen LogP contribution is 2.26.